The summed E-state index contributed by atoms with van der Waals surface area (Å²) in [5, 5.41) is 0.540. The predicted molar refractivity (Wildman–Crippen MR) is 78.5 cm³/mol. The van der Waals surface area contributed by atoms with E-state index in [0.717, 1.165) is 53.8 Å². The van der Waals surface area contributed by atoms with Gasteiger partial charge in [0.05, 0.1) is 0 Å². The van der Waals surface area contributed by atoms with Crippen molar-refractivity contribution in [3.8, 4) is 0 Å². The van der Waals surface area contributed by atoms with E-state index in [-0.39, 0.29) is 12.2 Å². The van der Waals surface area contributed by atoms with Gasteiger partial charge in [-0.3, -0.25) is 0 Å². The molecule has 0 N–H and O–H groups in total. The highest BCUT2D eigenvalue weighted by Gasteiger charge is 2.93. The Balaban J connectivity index is 1.37. The zero-order valence-electron chi connectivity index (χ0n) is 13.4. The third-order valence-corrected chi connectivity index (χ3v) is 10.8. The largest absolute Gasteiger partial charge is 0.478 e. The maximum absolute atomic E-state index is 12.2. The molecule has 8 aliphatic rings. The van der Waals surface area contributed by atoms with E-state index in [1.807, 2.05) is 0 Å². The molecule has 8 rings (SSSR count). The van der Waals surface area contributed by atoms with Crippen LogP contribution in [0.3, 0.4) is 0 Å². The first-order valence-corrected chi connectivity index (χ1v) is 10.1. The summed E-state index contributed by atoms with van der Waals surface area (Å²) in [5.74, 6) is 6.85. The van der Waals surface area contributed by atoms with Crippen LogP contribution in [0.15, 0.2) is 0 Å². The van der Waals surface area contributed by atoms with E-state index < -0.39 is 0 Å². The van der Waals surface area contributed by atoms with Crippen LogP contribution in [0.5, 0.6) is 0 Å². The van der Waals surface area contributed by atoms with Crippen molar-refractivity contribution in [2.24, 2.45) is 58.2 Å². The molecule has 23 heavy (non-hydrogen) atoms. The fourth-order valence-corrected chi connectivity index (χ4v) is 11.3. The standard InChI is InChI=1S/C19H24NO3/c21-20-22-12-6-8-4-10(12)16-14(8)18-2-1-3-19(16,18)17-11-5-9(15(17)18)7-13(11)23-20/h8-17H,1-7H2/q+1. The molecule has 1 heterocycles. The number of rotatable bonds is 0. The Bertz CT molecular complexity index is 632. The van der Waals surface area contributed by atoms with Gasteiger partial charge in [0.15, 0.2) is 12.2 Å². The van der Waals surface area contributed by atoms with Gasteiger partial charge in [-0.05, 0) is 84.9 Å². The SMILES string of the molecule is O=[N+]1OC2CC3CC2C2C3C34CCCC23C2C3CC(CC3O1)C24. The lowest BCUT2D eigenvalue weighted by molar-refractivity contribution is -0.995. The summed E-state index contributed by atoms with van der Waals surface area (Å²) in [6, 6.07) is 0. The first kappa shape index (κ1) is 11.7. The summed E-state index contributed by atoms with van der Waals surface area (Å²) in [7, 11) is 0. The number of nitrogens with zero attached hydrogens (tertiary/aromatic N) is 1. The Hall–Kier alpha value is -0.800. The van der Waals surface area contributed by atoms with Gasteiger partial charge < -0.3 is 0 Å². The molecule has 1 aliphatic heterocycles. The fourth-order valence-electron chi connectivity index (χ4n) is 11.3. The molecule has 1 spiro atoms. The van der Waals surface area contributed by atoms with Crippen molar-refractivity contribution < 1.29 is 14.8 Å². The van der Waals surface area contributed by atoms with E-state index in [0.29, 0.717) is 22.3 Å². The highest BCUT2D eigenvalue weighted by Crippen LogP contribution is 2.96. The maximum atomic E-state index is 12.2. The smallest absolute Gasteiger partial charge is 0.183 e. The van der Waals surface area contributed by atoms with Crippen molar-refractivity contribution in [3.63, 3.8) is 0 Å². The summed E-state index contributed by atoms with van der Waals surface area (Å²) in [6.07, 6.45) is 9.74. The summed E-state index contributed by atoms with van der Waals surface area (Å²) < 4.78 is 0. The lowest BCUT2D eigenvalue weighted by Gasteiger charge is -2.84. The topological polar surface area (TPSA) is 38.5 Å². The normalized spacial score (nSPS) is 74.0. The molecule has 4 heteroatoms. The van der Waals surface area contributed by atoms with Gasteiger partial charge in [-0.1, -0.05) is 6.42 Å². The molecule has 0 aromatic carbocycles. The summed E-state index contributed by atoms with van der Waals surface area (Å²) >= 11 is 0. The van der Waals surface area contributed by atoms with E-state index in [9.17, 15) is 4.91 Å². The molecule has 8 fully saturated rings. The van der Waals surface area contributed by atoms with Crippen LogP contribution in [0.2, 0.25) is 0 Å². The third-order valence-electron chi connectivity index (χ3n) is 10.8. The van der Waals surface area contributed by atoms with Gasteiger partial charge >= 0.3 is 5.09 Å². The molecule has 7 saturated carbocycles. The minimum absolute atomic E-state index is 0.152. The molecule has 4 bridgehead atoms. The average Bonchev–Trinajstić information content (AvgIpc) is 3.25. The van der Waals surface area contributed by atoms with Gasteiger partial charge in [-0.25, -0.2) is 0 Å². The Morgan fingerprint density at radius 1 is 0.739 bits per heavy atom. The van der Waals surface area contributed by atoms with Crippen molar-refractivity contribution in [2.75, 3.05) is 0 Å². The van der Waals surface area contributed by atoms with Gasteiger partial charge in [0.1, 0.15) is 4.91 Å². The van der Waals surface area contributed by atoms with E-state index >= 15 is 0 Å². The van der Waals surface area contributed by atoms with Crippen molar-refractivity contribution >= 4 is 0 Å². The zero-order valence-corrected chi connectivity index (χ0v) is 13.4. The van der Waals surface area contributed by atoms with Gasteiger partial charge in [-0.15, -0.1) is 0 Å². The molecule has 7 aliphatic carbocycles. The molecule has 4 nitrogen and oxygen atoms in total. The second-order valence-corrected chi connectivity index (χ2v) is 10.3. The molecule has 122 valence electrons. The first-order valence-electron chi connectivity index (χ1n) is 10.1. The van der Waals surface area contributed by atoms with Crippen molar-refractivity contribution in [3.05, 3.63) is 4.91 Å². The van der Waals surface area contributed by atoms with Crippen LogP contribution in [0.1, 0.15) is 44.9 Å². The van der Waals surface area contributed by atoms with E-state index in [4.69, 9.17) is 9.68 Å². The van der Waals surface area contributed by atoms with Gasteiger partial charge in [-0.2, -0.15) is 9.68 Å². The van der Waals surface area contributed by atoms with Crippen LogP contribution >= 0.6 is 0 Å². The fraction of sp³-hybridized carbons (Fsp3) is 1.00. The minimum atomic E-state index is 0.152. The van der Waals surface area contributed by atoms with E-state index in [2.05, 4.69) is 0 Å². The van der Waals surface area contributed by atoms with Crippen molar-refractivity contribution in [1.29, 1.82) is 0 Å². The number of fused-ring (bicyclic) bond motifs is 4. The van der Waals surface area contributed by atoms with Crippen molar-refractivity contribution in [2.45, 2.75) is 57.2 Å². The average molecular weight is 314 g/mol. The number of hydrogen-bond acceptors (Lipinski definition) is 3. The zero-order chi connectivity index (χ0) is 14.7. The Kier molecular flexibility index (Phi) is 1.56. The first-order chi connectivity index (χ1) is 11.3. The van der Waals surface area contributed by atoms with Crippen LogP contribution in [0.4, 0.5) is 0 Å². The van der Waals surface area contributed by atoms with Crippen molar-refractivity contribution in [1.82, 2.24) is 0 Å². The molecule has 10 atom stereocenters. The number of hydrogen-bond donors (Lipinski definition) is 0. The molecule has 1 saturated heterocycles. The Morgan fingerprint density at radius 2 is 1.26 bits per heavy atom. The van der Waals surface area contributed by atoms with Gasteiger partial charge in [0, 0.05) is 11.8 Å². The second kappa shape index (κ2) is 3.06. The monoisotopic (exact) mass is 314 g/mol. The molecular formula is C19H24NO3+. The third kappa shape index (κ3) is 0.844. The van der Waals surface area contributed by atoms with Crippen LogP contribution in [0, 0.1) is 63.1 Å². The second-order valence-electron chi connectivity index (χ2n) is 10.3. The molecule has 10 unspecified atom stereocenters. The molecule has 0 radical (unpaired) electrons. The summed E-state index contributed by atoms with van der Waals surface area (Å²) in [5.41, 5.74) is 1.41. The summed E-state index contributed by atoms with van der Waals surface area (Å²) in [6.45, 7) is 0. The van der Waals surface area contributed by atoms with E-state index in [1.54, 1.807) is 0 Å². The highest BCUT2D eigenvalue weighted by atomic mass is 17.0. The molecule has 0 aromatic heterocycles. The minimum Gasteiger partial charge on any atom is -0.183 e. The molecule has 0 amide bonds. The van der Waals surface area contributed by atoms with Gasteiger partial charge in [0.25, 0.3) is 0 Å². The van der Waals surface area contributed by atoms with Crippen LogP contribution in [-0.4, -0.2) is 17.3 Å². The lowest BCUT2D eigenvalue weighted by Crippen LogP contribution is -2.82. The maximum Gasteiger partial charge on any atom is 0.478 e. The quantitative estimate of drug-likeness (QED) is 0.689. The highest BCUT2D eigenvalue weighted by molar-refractivity contribution is 5.40. The molecule has 0 aromatic rings. The van der Waals surface area contributed by atoms with Crippen LogP contribution in [0.25, 0.3) is 0 Å². The Morgan fingerprint density at radius 3 is 1.83 bits per heavy atom. The predicted octanol–water partition coefficient (Wildman–Crippen LogP) is 3.11. The van der Waals surface area contributed by atoms with Crippen LogP contribution in [-0.2, 0) is 9.68 Å². The van der Waals surface area contributed by atoms with E-state index in [1.165, 1.54) is 32.1 Å². The summed E-state index contributed by atoms with van der Waals surface area (Å²) in [4.78, 5) is 23.8. The van der Waals surface area contributed by atoms with Gasteiger partial charge in [0.2, 0.25) is 0 Å². The van der Waals surface area contributed by atoms with Crippen LogP contribution < -0.4 is 0 Å². The molecular weight excluding hydrogens is 290 g/mol. The lowest BCUT2D eigenvalue weighted by atomic mass is 9.20. The Labute approximate surface area is 135 Å².